The number of hydrogen-bond acceptors (Lipinski definition) is 5. The Labute approximate surface area is 147 Å². The SMILES string of the molecule is COc1ccc(Cl)cc1C(=O)NNC(=O)c1ccc([N+](=O)[O-])c(C)c1. The first-order valence-electron chi connectivity index (χ1n) is 7.02. The van der Waals surface area contributed by atoms with Crippen molar-refractivity contribution in [3.63, 3.8) is 0 Å². The van der Waals surface area contributed by atoms with Crippen LogP contribution in [0.3, 0.4) is 0 Å². The third kappa shape index (κ3) is 4.24. The van der Waals surface area contributed by atoms with E-state index in [2.05, 4.69) is 10.9 Å². The highest BCUT2D eigenvalue weighted by Crippen LogP contribution is 2.22. The minimum absolute atomic E-state index is 0.0933. The Balaban J connectivity index is 2.10. The number of rotatable bonds is 4. The van der Waals surface area contributed by atoms with Crippen molar-refractivity contribution >= 4 is 29.1 Å². The number of amides is 2. The van der Waals surface area contributed by atoms with Crippen LogP contribution in [0.2, 0.25) is 5.02 Å². The molecule has 0 aliphatic carbocycles. The van der Waals surface area contributed by atoms with Gasteiger partial charge >= 0.3 is 0 Å². The molecular formula is C16H14ClN3O5. The molecule has 0 aromatic heterocycles. The molecule has 2 N–H and O–H groups in total. The van der Waals surface area contributed by atoms with Gasteiger partial charge in [0.25, 0.3) is 17.5 Å². The molecule has 0 fully saturated rings. The minimum Gasteiger partial charge on any atom is -0.496 e. The quantitative estimate of drug-likeness (QED) is 0.640. The fourth-order valence-electron chi connectivity index (χ4n) is 2.11. The smallest absolute Gasteiger partial charge is 0.273 e. The third-order valence-electron chi connectivity index (χ3n) is 3.35. The van der Waals surface area contributed by atoms with Gasteiger partial charge < -0.3 is 4.74 Å². The van der Waals surface area contributed by atoms with Gasteiger partial charge in [-0.3, -0.25) is 30.6 Å². The van der Waals surface area contributed by atoms with Crippen molar-refractivity contribution in [2.24, 2.45) is 0 Å². The summed E-state index contributed by atoms with van der Waals surface area (Å²) in [5, 5.41) is 11.1. The van der Waals surface area contributed by atoms with E-state index < -0.39 is 16.7 Å². The van der Waals surface area contributed by atoms with Gasteiger partial charge in [-0.25, -0.2) is 0 Å². The molecule has 2 rings (SSSR count). The second-order valence-electron chi connectivity index (χ2n) is 5.01. The second kappa shape index (κ2) is 7.63. The molecule has 0 aliphatic heterocycles. The van der Waals surface area contributed by atoms with Gasteiger partial charge in [0.2, 0.25) is 0 Å². The average Bonchev–Trinajstić information content (AvgIpc) is 2.58. The van der Waals surface area contributed by atoms with E-state index in [-0.39, 0.29) is 16.8 Å². The summed E-state index contributed by atoms with van der Waals surface area (Å²) in [7, 11) is 1.40. The first-order valence-corrected chi connectivity index (χ1v) is 7.40. The molecule has 25 heavy (non-hydrogen) atoms. The lowest BCUT2D eigenvalue weighted by Crippen LogP contribution is -2.41. The van der Waals surface area contributed by atoms with E-state index in [1.165, 1.54) is 44.4 Å². The number of nitro benzene ring substituents is 1. The Bertz CT molecular complexity index is 854. The van der Waals surface area contributed by atoms with E-state index in [1.54, 1.807) is 6.07 Å². The number of nitro groups is 1. The Morgan fingerprint density at radius 2 is 1.80 bits per heavy atom. The van der Waals surface area contributed by atoms with E-state index in [1.807, 2.05) is 0 Å². The van der Waals surface area contributed by atoms with Crippen molar-refractivity contribution < 1.29 is 19.2 Å². The molecule has 0 spiro atoms. The summed E-state index contributed by atoms with van der Waals surface area (Å²) in [5.74, 6) is -0.944. The predicted molar refractivity (Wildman–Crippen MR) is 90.8 cm³/mol. The maximum Gasteiger partial charge on any atom is 0.273 e. The first-order chi connectivity index (χ1) is 11.8. The van der Waals surface area contributed by atoms with Crippen LogP contribution in [-0.2, 0) is 0 Å². The van der Waals surface area contributed by atoms with Gasteiger partial charge in [-0.15, -0.1) is 0 Å². The van der Waals surface area contributed by atoms with Crippen molar-refractivity contribution in [3.8, 4) is 5.75 Å². The van der Waals surface area contributed by atoms with Crippen LogP contribution < -0.4 is 15.6 Å². The fraction of sp³-hybridized carbons (Fsp3) is 0.125. The lowest BCUT2D eigenvalue weighted by atomic mass is 10.1. The van der Waals surface area contributed by atoms with Gasteiger partial charge in [-0.1, -0.05) is 11.6 Å². The predicted octanol–water partition coefficient (Wildman–Crippen LogP) is 2.64. The van der Waals surface area contributed by atoms with Crippen LogP contribution in [0.15, 0.2) is 36.4 Å². The molecule has 0 heterocycles. The number of methoxy groups -OCH3 is 1. The van der Waals surface area contributed by atoms with Crippen LogP contribution in [0.25, 0.3) is 0 Å². The van der Waals surface area contributed by atoms with Gasteiger partial charge in [0.15, 0.2) is 0 Å². The van der Waals surface area contributed by atoms with Gasteiger partial charge in [0.05, 0.1) is 17.6 Å². The molecule has 8 nitrogen and oxygen atoms in total. The van der Waals surface area contributed by atoms with Crippen LogP contribution >= 0.6 is 11.6 Å². The topological polar surface area (TPSA) is 111 Å². The molecule has 0 bridgehead atoms. The maximum absolute atomic E-state index is 12.2. The summed E-state index contributed by atoms with van der Waals surface area (Å²) in [4.78, 5) is 34.5. The molecule has 9 heteroatoms. The summed E-state index contributed by atoms with van der Waals surface area (Å²) in [6.07, 6.45) is 0. The zero-order valence-corrected chi connectivity index (χ0v) is 14.1. The number of carbonyl (C=O) groups excluding carboxylic acids is 2. The maximum atomic E-state index is 12.2. The highest BCUT2D eigenvalue weighted by molar-refractivity contribution is 6.31. The fourth-order valence-corrected chi connectivity index (χ4v) is 2.28. The Hall–Kier alpha value is -3.13. The standard InChI is InChI=1S/C16H14ClN3O5/c1-9-7-10(3-5-13(9)20(23)24)15(21)18-19-16(22)12-8-11(17)4-6-14(12)25-2/h3-8H,1-2H3,(H,18,21)(H,19,22). The number of ether oxygens (including phenoxy) is 1. The van der Waals surface area contributed by atoms with Crippen LogP contribution in [0.1, 0.15) is 26.3 Å². The van der Waals surface area contributed by atoms with E-state index in [4.69, 9.17) is 16.3 Å². The van der Waals surface area contributed by atoms with Gasteiger partial charge in [0.1, 0.15) is 5.75 Å². The molecule has 0 radical (unpaired) electrons. The first kappa shape index (κ1) is 18.2. The number of nitrogens with one attached hydrogen (secondary N) is 2. The Kier molecular flexibility index (Phi) is 5.56. The van der Waals surface area contributed by atoms with E-state index in [9.17, 15) is 19.7 Å². The highest BCUT2D eigenvalue weighted by atomic mass is 35.5. The average molecular weight is 364 g/mol. The lowest BCUT2D eigenvalue weighted by molar-refractivity contribution is -0.385. The highest BCUT2D eigenvalue weighted by Gasteiger charge is 2.16. The third-order valence-corrected chi connectivity index (χ3v) is 3.59. The Morgan fingerprint density at radius 1 is 1.12 bits per heavy atom. The van der Waals surface area contributed by atoms with E-state index in [0.717, 1.165) is 0 Å². The van der Waals surface area contributed by atoms with Gasteiger partial charge in [-0.2, -0.15) is 0 Å². The minimum atomic E-state index is -0.619. The monoisotopic (exact) mass is 363 g/mol. The molecular weight excluding hydrogens is 350 g/mol. The van der Waals surface area contributed by atoms with E-state index >= 15 is 0 Å². The van der Waals surface area contributed by atoms with Crippen molar-refractivity contribution in [2.75, 3.05) is 7.11 Å². The largest absolute Gasteiger partial charge is 0.496 e. The molecule has 2 aromatic rings. The molecule has 0 aliphatic rings. The number of hydrazine groups is 1. The summed E-state index contributed by atoms with van der Waals surface area (Å²) >= 11 is 5.86. The second-order valence-corrected chi connectivity index (χ2v) is 5.45. The van der Waals surface area contributed by atoms with E-state index in [0.29, 0.717) is 16.3 Å². The Morgan fingerprint density at radius 3 is 2.40 bits per heavy atom. The van der Waals surface area contributed by atoms with Crippen LogP contribution in [0, 0.1) is 17.0 Å². The number of aryl methyl sites for hydroxylation is 1. The number of halogens is 1. The number of hydrogen-bond donors (Lipinski definition) is 2. The molecule has 0 unspecified atom stereocenters. The van der Waals surface area contributed by atoms with Crippen LogP contribution in [0.4, 0.5) is 5.69 Å². The molecule has 0 saturated heterocycles. The van der Waals surface area contributed by atoms with Crippen LogP contribution in [-0.4, -0.2) is 23.8 Å². The molecule has 130 valence electrons. The number of nitrogens with zero attached hydrogens (tertiary/aromatic N) is 1. The van der Waals surface area contributed by atoms with Crippen LogP contribution in [0.5, 0.6) is 5.75 Å². The number of benzene rings is 2. The summed E-state index contributed by atoms with van der Waals surface area (Å²) in [5.41, 5.74) is 5.04. The van der Waals surface area contributed by atoms with Crippen molar-refractivity contribution in [3.05, 3.63) is 68.2 Å². The van der Waals surface area contributed by atoms with Crippen molar-refractivity contribution in [2.45, 2.75) is 6.92 Å². The zero-order chi connectivity index (χ0) is 18.6. The number of carbonyl (C=O) groups is 2. The molecule has 2 amide bonds. The molecule has 0 atom stereocenters. The normalized spacial score (nSPS) is 10.0. The van der Waals surface area contributed by atoms with Crippen molar-refractivity contribution in [1.82, 2.24) is 10.9 Å². The lowest BCUT2D eigenvalue weighted by Gasteiger charge is -2.11. The van der Waals surface area contributed by atoms with Crippen molar-refractivity contribution in [1.29, 1.82) is 0 Å². The summed E-state index contributed by atoms with van der Waals surface area (Å²) < 4.78 is 5.07. The summed E-state index contributed by atoms with van der Waals surface area (Å²) in [6, 6.07) is 8.38. The molecule has 2 aromatic carbocycles. The van der Waals surface area contributed by atoms with Gasteiger partial charge in [0, 0.05) is 22.2 Å². The summed E-state index contributed by atoms with van der Waals surface area (Å²) in [6.45, 7) is 1.52. The van der Waals surface area contributed by atoms with Gasteiger partial charge in [-0.05, 0) is 37.3 Å². The molecule has 0 saturated carbocycles. The zero-order valence-electron chi connectivity index (χ0n) is 13.3.